The number of nitrogens with zero attached hydrogens (tertiary/aromatic N) is 3. The normalized spacial score (nSPS) is 10.5. The maximum absolute atomic E-state index is 6.18. The van der Waals surface area contributed by atoms with Crippen molar-refractivity contribution in [2.75, 3.05) is 10.6 Å². The van der Waals surface area contributed by atoms with Gasteiger partial charge in [0.15, 0.2) is 5.11 Å². The third-order valence-electron chi connectivity index (χ3n) is 3.21. The van der Waals surface area contributed by atoms with Crippen molar-refractivity contribution < 1.29 is 0 Å². The molecule has 0 saturated carbocycles. The summed E-state index contributed by atoms with van der Waals surface area (Å²) in [6.07, 6.45) is 1.61. The van der Waals surface area contributed by atoms with Gasteiger partial charge in [0.1, 0.15) is 6.33 Å². The SMILES string of the molecule is S=C(Nc1ccc(Br)cc1)Nc1ncn(Cc2ccc(Cl)cc2Cl)n1. The Hall–Kier alpha value is -1.67. The summed E-state index contributed by atoms with van der Waals surface area (Å²) in [6, 6.07) is 13.0. The molecule has 0 aliphatic rings. The van der Waals surface area contributed by atoms with E-state index in [0.717, 1.165) is 15.7 Å². The molecular weight excluding hydrogens is 445 g/mol. The van der Waals surface area contributed by atoms with Crippen LogP contribution in [0.3, 0.4) is 0 Å². The largest absolute Gasteiger partial charge is 0.332 e. The molecule has 0 saturated heterocycles. The van der Waals surface area contributed by atoms with E-state index in [1.54, 1.807) is 23.1 Å². The van der Waals surface area contributed by atoms with Gasteiger partial charge in [-0.3, -0.25) is 5.32 Å². The third-order valence-corrected chi connectivity index (χ3v) is 4.53. The van der Waals surface area contributed by atoms with Crippen LogP contribution < -0.4 is 10.6 Å². The summed E-state index contributed by atoms with van der Waals surface area (Å²) in [6.45, 7) is 0.484. The van der Waals surface area contributed by atoms with Gasteiger partial charge in [-0.2, -0.15) is 0 Å². The molecule has 0 fully saturated rings. The number of nitrogens with one attached hydrogen (secondary N) is 2. The van der Waals surface area contributed by atoms with Gasteiger partial charge in [-0.15, -0.1) is 5.10 Å². The Labute approximate surface area is 168 Å². The summed E-state index contributed by atoms with van der Waals surface area (Å²) in [5.74, 6) is 0.402. The molecule has 128 valence electrons. The highest BCUT2D eigenvalue weighted by Gasteiger charge is 2.07. The predicted octanol–water partition coefficient (Wildman–Crippen LogP) is 5.20. The Morgan fingerprint density at radius 1 is 1.12 bits per heavy atom. The first kappa shape index (κ1) is 18.1. The summed E-state index contributed by atoms with van der Waals surface area (Å²) in [4.78, 5) is 4.19. The first-order valence-electron chi connectivity index (χ1n) is 7.16. The summed E-state index contributed by atoms with van der Waals surface area (Å²) in [7, 11) is 0. The first-order chi connectivity index (χ1) is 12.0. The molecule has 1 heterocycles. The van der Waals surface area contributed by atoms with E-state index in [0.29, 0.717) is 27.7 Å². The molecule has 2 N–H and O–H groups in total. The van der Waals surface area contributed by atoms with E-state index >= 15 is 0 Å². The summed E-state index contributed by atoms with van der Waals surface area (Å²) in [5.41, 5.74) is 1.77. The molecule has 0 aliphatic carbocycles. The number of rotatable bonds is 4. The molecule has 0 spiro atoms. The Balaban J connectivity index is 1.61. The molecular formula is C16H12BrCl2N5S. The molecule has 2 aromatic carbocycles. The average molecular weight is 457 g/mol. The minimum absolute atomic E-state index is 0.402. The first-order valence-corrected chi connectivity index (χ1v) is 9.12. The van der Waals surface area contributed by atoms with Crippen molar-refractivity contribution in [1.82, 2.24) is 14.8 Å². The van der Waals surface area contributed by atoms with Crippen molar-refractivity contribution in [1.29, 1.82) is 0 Å². The molecule has 5 nitrogen and oxygen atoms in total. The maximum atomic E-state index is 6.18. The summed E-state index contributed by atoms with van der Waals surface area (Å²) >= 11 is 20.7. The van der Waals surface area contributed by atoms with Crippen LogP contribution in [0.1, 0.15) is 5.56 Å². The van der Waals surface area contributed by atoms with E-state index in [1.807, 2.05) is 30.3 Å². The smallest absolute Gasteiger partial charge is 0.248 e. The van der Waals surface area contributed by atoms with Gasteiger partial charge in [0.05, 0.1) is 6.54 Å². The van der Waals surface area contributed by atoms with Crippen LogP contribution in [0.15, 0.2) is 53.3 Å². The Kier molecular flexibility index (Phi) is 5.90. The number of halogens is 3. The lowest BCUT2D eigenvalue weighted by atomic mass is 10.2. The van der Waals surface area contributed by atoms with Crippen molar-refractivity contribution in [2.24, 2.45) is 0 Å². The fourth-order valence-electron chi connectivity index (χ4n) is 2.05. The van der Waals surface area contributed by atoms with Gasteiger partial charge < -0.3 is 5.32 Å². The van der Waals surface area contributed by atoms with Crippen molar-refractivity contribution in [3.63, 3.8) is 0 Å². The van der Waals surface area contributed by atoms with E-state index in [2.05, 4.69) is 36.6 Å². The Bertz CT molecular complexity index is 898. The number of thiocarbonyl (C=S) groups is 1. The zero-order valence-corrected chi connectivity index (χ0v) is 16.6. The topological polar surface area (TPSA) is 54.8 Å². The van der Waals surface area contributed by atoms with Gasteiger partial charge in [-0.1, -0.05) is 45.2 Å². The number of hydrogen-bond acceptors (Lipinski definition) is 3. The van der Waals surface area contributed by atoms with Gasteiger partial charge in [0, 0.05) is 20.2 Å². The molecule has 1 aromatic heterocycles. The molecule has 0 amide bonds. The van der Waals surface area contributed by atoms with Crippen molar-refractivity contribution >= 4 is 68.1 Å². The van der Waals surface area contributed by atoms with E-state index in [9.17, 15) is 0 Å². The number of anilines is 2. The average Bonchev–Trinajstić information content (AvgIpc) is 2.99. The lowest BCUT2D eigenvalue weighted by Gasteiger charge is -2.08. The van der Waals surface area contributed by atoms with Crippen LogP contribution >= 0.6 is 51.3 Å². The Morgan fingerprint density at radius 3 is 2.60 bits per heavy atom. The van der Waals surface area contributed by atoms with Crippen LogP contribution in [0.2, 0.25) is 10.0 Å². The quantitative estimate of drug-likeness (QED) is 0.528. The zero-order chi connectivity index (χ0) is 17.8. The lowest BCUT2D eigenvalue weighted by molar-refractivity contribution is 0.687. The minimum Gasteiger partial charge on any atom is -0.332 e. The molecule has 0 radical (unpaired) electrons. The van der Waals surface area contributed by atoms with Gasteiger partial charge in [-0.25, -0.2) is 9.67 Å². The van der Waals surface area contributed by atoms with Gasteiger partial charge in [0.25, 0.3) is 0 Å². The summed E-state index contributed by atoms with van der Waals surface area (Å²) in [5, 5.41) is 11.9. The molecule has 0 unspecified atom stereocenters. The summed E-state index contributed by atoms with van der Waals surface area (Å²) < 4.78 is 2.66. The molecule has 0 bridgehead atoms. The predicted molar refractivity (Wildman–Crippen MR) is 110 cm³/mol. The highest BCUT2D eigenvalue weighted by molar-refractivity contribution is 9.10. The highest BCUT2D eigenvalue weighted by Crippen LogP contribution is 2.21. The van der Waals surface area contributed by atoms with Gasteiger partial charge >= 0.3 is 0 Å². The van der Waals surface area contributed by atoms with Crippen LogP contribution in [0.5, 0.6) is 0 Å². The maximum Gasteiger partial charge on any atom is 0.248 e. The molecule has 9 heteroatoms. The highest BCUT2D eigenvalue weighted by atomic mass is 79.9. The van der Waals surface area contributed by atoms with Crippen molar-refractivity contribution in [3.05, 3.63) is 68.9 Å². The van der Waals surface area contributed by atoms with Crippen LogP contribution in [0, 0.1) is 0 Å². The van der Waals surface area contributed by atoms with Crippen LogP contribution in [-0.4, -0.2) is 19.9 Å². The minimum atomic E-state index is 0.402. The van der Waals surface area contributed by atoms with Crippen molar-refractivity contribution in [2.45, 2.75) is 6.54 Å². The van der Waals surface area contributed by atoms with Gasteiger partial charge in [-0.05, 0) is 54.2 Å². The Morgan fingerprint density at radius 2 is 1.88 bits per heavy atom. The standard InChI is InChI=1S/C16H12BrCl2N5S/c17-11-2-5-13(6-3-11)21-16(25)22-15-20-9-24(23-15)8-10-1-4-12(18)7-14(10)19/h1-7,9H,8H2,(H2,21,22,23,25). The number of hydrogen-bond donors (Lipinski definition) is 2. The number of benzene rings is 2. The monoisotopic (exact) mass is 455 g/mol. The fraction of sp³-hybridized carbons (Fsp3) is 0.0625. The number of aromatic nitrogens is 3. The van der Waals surface area contributed by atoms with Crippen LogP contribution in [-0.2, 0) is 6.54 Å². The van der Waals surface area contributed by atoms with Crippen molar-refractivity contribution in [3.8, 4) is 0 Å². The fourth-order valence-corrected chi connectivity index (χ4v) is 2.99. The van der Waals surface area contributed by atoms with Gasteiger partial charge in [0.2, 0.25) is 5.95 Å². The molecule has 3 rings (SSSR count). The molecule has 3 aromatic rings. The molecule has 0 atom stereocenters. The zero-order valence-electron chi connectivity index (χ0n) is 12.7. The van der Waals surface area contributed by atoms with E-state index in [1.165, 1.54) is 0 Å². The van der Waals surface area contributed by atoms with Crippen LogP contribution in [0.25, 0.3) is 0 Å². The lowest BCUT2D eigenvalue weighted by Crippen LogP contribution is -2.20. The molecule has 25 heavy (non-hydrogen) atoms. The van der Waals surface area contributed by atoms with Crippen LogP contribution in [0.4, 0.5) is 11.6 Å². The second-order valence-corrected chi connectivity index (χ2v) is 7.26. The van der Waals surface area contributed by atoms with E-state index < -0.39 is 0 Å². The second-order valence-electron chi connectivity index (χ2n) is 5.09. The second kappa shape index (κ2) is 8.14. The molecule has 0 aliphatic heterocycles. The van der Waals surface area contributed by atoms with E-state index in [4.69, 9.17) is 35.4 Å². The third kappa shape index (κ3) is 5.15. The van der Waals surface area contributed by atoms with E-state index in [-0.39, 0.29) is 0 Å².